The van der Waals surface area contributed by atoms with Crippen molar-refractivity contribution in [3.8, 4) is 0 Å². The molecule has 4 rings (SSSR count). The number of fused-ring (bicyclic) bond motifs is 1. The van der Waals surface area contributed by atoms with Crippen molar-refractivity contribution in [2.75, 3.05) is 13.1 Å². The van der Waals surface area contributed by atoms with Crippen LogP contribution in [0, 0.1) is 0 Å². The molecule has 0 radical (unpaired) electrons. The van der Waals surface area contributed by atoms with Gasteiger partial charge in [0.25, 0.3) is 5.91 Å². The first-order valence-electron chi connectivity index (χ1n) is 10.6. The quantitative estimate of drug-likeness (QED) is 0.673. The molecule has 0 aliphatic carbocycles. The molecule has 2 aromatic heterocycles. The number of rotatable bonds is 6. The van der Waals surface area contributed by atoms with Crippen molar-refractivity contribution < 1.29 is 4.79 Å². The largest absolute Gasteiger partial charge is 0.350 e. The molecule has 1 aliphatic heterocycles. The Hall–Kier alpha value is -2.56. The summed E-state index contributed by atoms with van der Waals surface area (Å²) in [5.74, 6) is 1.78. The number of nitrogens with zero attached hydrogens (tertiary/aromatic N) is 3. The molecule has 1 saturated heterocycles. The molecule has 0 bridgehead atoms. The fourth-order valence-corrected chi connectivity index (χ4v) is 4.45. The first kappa shape index (κ1) is 18.8. The third kappa shape index (κ3) is 3.46. The van der Waals surface area contributed by atoms with Crippen LogP contribution in [0.4, 0.5) is 0 Å². The van der Waals surface area contributed by atoms with Gasteiger partial charge in [-0.15, -0.1) is 0 Å². The zero-order valence-electron chi connectivity index (χ0n) is 16.9. The number of piperidine rings is 1. The van der Waals surface area contributed by atoms with Crippen LogP contribution in [0.5, 0.6) is 0 Å². The number of hydrogen-bond acceptors (Lipinski definition) is 2. The minimum absolute atomic E-state index is 0.140. The highest BCUT2D eigenvalue weighted by Crippen LogP contribution is 2.29. The Kier molecular flexibility index (Phi) is 5.51. The topological polar surface area (TPSA) is 53.9 Å². The molecule has 1 aromatic carbocycles. The van der Waals surface area contributed by atoms with Crippen LogP contribution in [0.25, 0.3) is 10.9 Å². The van der Waals surface area contributed by atoms with Gasteiger partial charge in [-0.05, 0) is 37.3 Å². The van der Waals surface area contributed by atoms with Crippen LogP contribution in [0.3, 0.4) is 0 Å². The van der Waals surface area contributed by atoms with E-state index in [4.69, 9.17) is 0 Å². The second kappa shape index (κ2) is 8.21. The van der Waals surface area contributed by atoms with E-state index in [1.807, 2.05) is 29.3 Å². The molecule has 0 atom stereocenters. The van der Waals surface area contributed by atoms with Crippen molar-refractivity contribution in [2.45, 2.75) is 58.4 Å². The smallest absolute Gasteiger partial charge is 0.270 e. The second-order valence-electron chi connectivity index (χ2n) is 7.78. The van der Waals surface area contributed by atoms with Crippen molar-refractivity contribution in [2.24, 2.45) is 0 Å². The zero-order valence-corrected chi connectivity index (χ0v) is 16.9. The van der Waals surface area contributed by atoms with E-state index in [1.165, 1.54) is 24.1 Å². The number of aromatic nitrogens is 3. The van der Waals surface area contributed by atoms with Crippen LogP contribution in [0.2, 0.25) is 0 Å². The normalized spacial score (nSPS) is 15.4. The molecule has 148 valence electrons. The fourth-order valence-electron chi connectivity index (χ4n) is 4.45. The number of unbranched alkanes of at least 4 members (excludes halogenated alkanes) is 1. The molecular formula is C23H30N4O. The first-order chi connectivity index (χ1) is 13.7. The third-order valence-electron chi connectivity index (χ3n) is 6.03. The van der Waals surface area contributed by atoms with Gasteiger partial charge in [-0.25, -0.2) is 4.98 Å². The lowest BCUT2D eigenvalue weighted by Crippen LogP contribution is -2.39. The maximum atomic E-state index is 13.2. The van der Waals surface area contributed by atoms with Crippen LogP contribution in [0.15, 0.2) is 36.7 Å². The monoisotopic (exact) mass is 378 g/mol. The number of nitrogens with one attached hydrogen (secondary N) is 1. The molecular weight excluding hydrogens is 348 g/mol. The van der Waals surface area contributed by atoms with Crippen LogP contribution < -0.4 is 0 Å². The predicted molar refractivity (Wildman–Crippen MR) is 113 cm³/mol. The summed E-state index contributed by atoms with van der Waals surface area (Å²) < 4.78 is 2.30. The summed E-state index contributed by atoms with van der Waals surface area (Å²) in [6.45, 7) is 6.97. The number of aryl methyl sites for hydroxylation is 2. The van der Waals surface area contributed by atoms with Gasteiger partial charge in [0.15, 0.2) is 0 Å². The molecule has 5 nitrogen and oxygen atoms in total. The van der Waals surface area contributed by atoms with Gasteiger partial charge in [0.2, 0.25) is 0 Å². The SMILES string of the molecule is CCCCn1ccnc1C1CCN(C(=O)c2[nH]c3ccccc3c2CC)CC1. The van der Waals surface area contributed by atoms with Gasteiger partial charge in [-0.2, -0.15) is 0 Å². The highest BCUT2D eigenvalue weighted by atomic mass is 16.2. The molecule has 5 heteroatoms. The van der Waals surface area contributed by atoms with E-state index in [0.717, 1.165) is 55.7 Å². The minimum atomic E-state index is 0.140. The summed E-state index contributed by atoms with van der Waals surface area (Å²) in [4.78, 5) is 23.2. The maximum Gasteiger partial charge on any atom is 0.270 e. The molecule has 1 amide bonds. The summed E-state index contributed by atoms with van der Waals surface area (Å²) >= 11 is 0. The molecule has 1 fully saturated rings. The number of amides is 1. The third-order valence-corrected chi connectivity index (χ3v) is 6.03. The number of aromatic amines is 1. The molecule has 3 heterocycles. The Morgan fingerprint density at radius 2 is 2.00 bits per heavy atom. The highest BCUT2D eigenvalue weighted by molar-refractivity contribution is 6.01. The van der Waals surface area contributed by atoms with Crippen LogP contribution >= 0.6 is 0 Å². The summed E-state index contributed by atoms with van der Waals surface area (Å²) in [5.41, 5.74) is 2.96. The van der Waals surface area contributed by atoms with E-state index in [9.17, 15) is 4.79 Å². The Morgan fingerprint density at radius 1 is 1.21 bits per heavy atom. The van der Waals surface area contributed by atoms with Crippen molar-refractivity contribution >= 4 is 16.8 Å². The van der Waals surface area contributed by atoms with E-state index in [-0.39, 0.29) is 5.91 Å². The van der Waals surface area contributed by atoms with Gasteiger partial charge < -0.3 is 14.5 Å². The van der Waals surface area contributed by atoms with E-state index < -0.39 is 0 Å². The van der Waals surface area contributed by atoms with Crippen LogP contribution in [-0.4, -0.2) is 38.4 Å². The van der Waals surface area contributed by atoms with Crippen molar-refractivity contribution in [1.29, 1.82) is 0 Å². The zero-order chi connectivity index (χ0) is 19.5. The first-order valence-corrected chi connectivity index (χ1v) is 10.6. The lowest BCUT2D eigenvalue weighted by Gasteiger charge is -2.32. The predicted octanol–water partition coefficient (Wildman–Crippen LogP) is 4.75. The van der Waals surface area contributed by atoms with Gasteiger partial charge in [-0.3, -0.25) is 4.79 Å². The fraction of sp³-hybridized carbons (Fsp3) is 0.478. The minimum Gasteiger partial charge on any atom is -0.350 e. The summed E-state index contributed by atoms with van der Waals surface area (Å²) in [6, 6.07) is 8.20. The second-order valence-corrected chi connectivity index (χ2v) is 7.78. The number of imidazole rings is 1. The molecule has 1 aliphatic rings. The maximum absolute atomic E-state index is 13.2. The van der Waals surface area contributed by atoms with E-state index in [1.54, 1.807) is 0 Å². The number of para-hydroxylation sites is 1. The van der Waals surface area contributed by atoms with Gasteiger partial charge in [0.1, 0.15) is 11.5 Å². The highest BCUT2D eigenvalue weighted by Gasteiger charge is 2.28. The number of benzene rings is 1. The van der Waals surface area contributed by atoms with Gasteiger partial charge in [0, 0.05) is 48.8 Å². The Balaban J connectivity index is 1.47. The van der Waals surface area contributed by atoms with Crippen molar-refractivity contribution in [3.63, 3.8) is 0 Å². The van der Waals surface area contributed by atoms with Crippen LogP contribution in [0.1, 0.15) is 67.3 Å². The van der Waals surface area contributed by atoms with Crippen LogP contribution in [-0.2, 0) is 13.0 Å². The Bertz CT molecular complexity index is 947. The molecule has 0 spiro atoms. The van der Waals surface area contributed by atoms with E-state index >= 15 is 0 Å². The average molecular weight is 379 g/mol. The number of carbonyl (C=O) groups excluding carboxylic acids is 1. The number of H-pyrrole nitrogens is 1. The van der Waals surface area contributed by atoms with Gasteiger partial charge in [-0.1, -0.05) is 38.5 Å². The molecule has 3 aromatic rings. The summed E-state index contributed by atoms with van der Waals surface area (Å²) in [5, 5.41) is 1.17. The standard InChI is InChI=1S/C23H30N4O/c1-3-5-13-26-16-12-24-22(26)17-10-14-27(15-11-17)23(28)21-18(4-2)19-8-6-7-9-20(19)25-21/h6-9,12,16-17,25H,3-5,10-11,13-15H2,1-2H3. The molecule has 28 heavy (non-hydrogen) atoms. The van der Waals surface area contributed by atoms with Crippen molar-refractivity contribution in [3.05, 3.63) is 53.7 Å². The molecule has 1 N–H and O–H groups in total. The lowest BCUT2D eigenvalue weighted by atomic mass is 9.95. The average Bonchev–Trinajstić information content (AvgIpc) is 3.36. The summed E-state index contributed by atoms with van der Waals surface area (Å²) in [6.07, 6.45) is 9.21. The number of hydrogen-bond donors (Lipinski definition) is 1. The lowest BCUT2D eigenvalue weighted by molar-refractivity contribution is 0.0704. The van der Waals surface area contributed by atoms with Crippen molar-refractivity contribution in [1.82, 2.24) is 19.4 Å². The van der Waals surface area contributed by atoms with E-state index in [2.05, 4.69) is 40.6 Å². The van der Waals surface area contributed by atoms with E-state index in [0.29, 0.717) is 5.92 Å². The van der Waals surface area contributed by atoms with Gasteiger partial charge in [0.05, 0.1) is 0 Å². The number of carbonyl (C=O) groups is 1. The Labute approximate surface area is 166 Å². The summed E-state index contributed by atoms with van der Waals surface area (Å²) in [7, 11) is 0. The number of likely N-dealkylation sites (tertiary alicyclic amines) is 1. The van der Waals surface area contributed by atoms with Gasteiger partial charge >= 0.3 is 0 Å². The Morgan fingerprint density at radius 3 is 2.75 bits per heavy atom. The molecule has 0 saturated carbocycles. The molecule has 0 unspecified atom stereocenters.